The molecule has 0 radical (unpaired) electrons. The predicted molar refractivity (Wildman–Crippen MR) is 157 cm³/mol. The van der Waals surface area contributed by atoms with E-state index in [9.17, 15) is 0 Å². The zero-order valence-electron chi connectivity index (χ0n) is 22.6. The molecule has 0 N–H and O–H groups in total. The number of hydrogen-bond acceptors (Lipinski definition) is 0. The van der Waals surface area contributed by atoms with Crippen molar-refractivity contribution in [1.29, 1.82) is 0 Å². The van der Waals surface area contributed by atoms with Crippen LogP contribution in [0.4, 0.5) is 0 Å². The van der Waals surface area contributed by atoms with Crippen molar-refractivity contribution in [2.24, 2.45) is 0 Å². The van der Waals surface area contributed by atoms with Gasteiger partial charge in [0.25, 0.3) is 0 Å². The quantitative estimate of drug-likeness (QED) is 0.173. The molecule has 1 aromatic heterocycles. The molecule has 2 heteroatoms. The Labute approximate surface area is 238 Å². The second-order valence-corrected chi connectivity index (χ2v) is 13.1. The number of aromatic nitrogens is 1. The number of fused-ring (bicyclic) bond motifs is 3. The third kappa shape index (κ3) is 1.90. The van der Waals surface area contributed by atoms with E-state index in [1.165, 1.54) is 72.6 Å². The SMILES string of the molecule is C=C1c2ccc3c4[n+]2C25c6c(ccc7c6C(c6ccccc6C7)c6ccc7c(c62)C4c2c(cccc2C3)C7)C[C-]=[N+]15. The standard InChI is InChI=1S/C39H25N2/c1-20-30-14-12-27-19-24-7-4-6-23-18-26-11-13-29-34-28-8-3-2-5-22(28)17-25-10-9-21-15-16-40(20)39(36(21)32(25)34)37(29)33(26)35(31(23)24)38(27)41(30)39/h2-14,34-35H,1,15,17-19H2/q+1. The largest absolute Gasteiger partial charge is 0.385 e. The molecule has 12 rings (SSSR count). The Hall–Kier alpha value is -4.56. The number of nitrogens with zero attached hydrogens (tertiary/aromatic N) is 2. The van der Waals surface area contributed by atoms with Gasteiger partial charge < -0.3 is 0 Å². The predicted octanol–water partition coefficient (Wildman–Crippen LogP) is 5.92. The van der Waals surface area contributed by atoms with E-state index in [1.807, 2.05) is 0 Å². The topological polar surface area (TPSA) is 6.89 Å². The molecule has 3 unspecified atom stereocenters. The molecular formula is C39H25N2+. The maximum Gasteiger partial charge on any atom is 0.385 e. The molecule has 4 aliphatic carbocycles. The van der Waals surface area contributed by atoms with Crippen molar-refractivity contribution in [3.05, 3.63) is 175 Å². The summed E-state index contributed by atoms with van der Waals surface area (Å²) in [5, 5.41) is 0. The van der Waals surface area contributed by atoms with Crippen molar-refractivity contribution >= 4 is 11.9 Å². The Kier molecular flexibility index (Phi) is 3.07. The number of hydrogen-bond donors (Lipinski definition) is 0. The van der Waals surface area contributed by atoms with Gasteiger partial charge in [-0.2, -0.15) is 0 Å². The van der Waals surface area contributed by atoms with Gasteiger partial charge in [-0.05, 0) is 92.6 Å². The number of pyridine rings is 1. The van der Waals surface area contributed by atoms with Crippen molar-refractivity contribution in [1.82, 2.24) is 0 Å². The van der Waals surface area contributed by atoms with Gasteiger partial charge in [0.05, 0.1) is 5.92 Å². The van der Waals surface area contributed by atoms with Crippen LogP contribution in [0, 0.1) is 0 Å². The molecule has 5 aromatic rings. The van der Waals surface area contributed by atoms with Crippen LogP contribution in [0.5, 0.6) is 0 Å². The molecular weight excluding hydrogens is 496 g/mol. The average Bonchev–Trinajstić information content (AvgIpc) is 3.27. The van der Waals surface area contributed by atoms with Gasteiger partial charge in [-0.1, -0.05) is 66.7 Å². The van der Waals surface area contributed by atoms with Gasteiger partial charge in [-0.3, -0.25) is 4.58 Å². The highest BCUT2D eigenvalue weighted by Gasteiger charge is 2.71. The summed E-state index contributed by atoms with van der Waals surface area (Å²) in [5.74, 6) is 0.537. The van der Waals surface area contributed by atoms with Crippen LogP contribution in [0.1, 0.15) is 101 Å². The molecule has 0 bridgehead atoms. The zero-order valence-corrected chi connectivity index (χ0v) is 22.6. The minimum Gasteiger partial charge on any atom is -0.288 e. The molecule has 1 spiro atoms. The van der Waals surface area contributed by atoms with Crippen LogP contribution in [-0.2, 0) is 31.3 Å². The summed E-state index contributed by atoms with van der Waals surface area (Å²) in [6.45, 7) is 4.77. The lowest BCUT2D eigenvalue weighted by Crippen LogP contribution is -2.69. The minimum atomic E-state index is -0.444. The van der Waals surface area contributed by atoms with E-state index < -0.39 is 5.66 Å². The third-order valence-electron chi connectivity index (χ3n) is 11.6. The summed E-state index contributed by atoms with van der Waals surface area (Å²) in [6.07, 6.45) is 7.76. The van der Waals surface area contributed by atoms with Gasteiger partial charge >= 0.3 is 5.66 Å². The second kappa shape index (κ2) is 6.19. The summed E-state index contributed by atoms with van der Waals surface area (Å²) < 4.78 is 5.24. The summed E-state index contributed by atoms with van der Waals surface area (Å²) in [4.78, 5) is 0. The monoisotopic (exact) mass is 521 g/mol. The summed E-state index contributed by atoms with van der Waals surface area (Å²) >= 11 is 0. The first-order valence-electron chi connectivity index (χ1n) is 15.1. The second-order valence-electron chi connectivity index (χ2n) is 13.1. The maximum absolute atomic E-state index is 4.77. The first-order chi connectivity index (χ1) is 20.2. The lowest BCUT2D eigenvalue weighted by Gasteiger charge is -2.48. The molecule has 0 saturated carbocycles. The van der Waals surface area contributed by atoms with Gasteiger partial charge in [0, 0.05) is 24.1 Å². The van der Waals surface area contributed by atoms with Crippen LogP contribution in [-0.4, -0.2) is 10.8 Å². The fourth-order valence-corrected chi connectivity index (χ4v) is 10.4. The van der Waals surface area contributed by atoms with Crippen molar-refractivity contribution in [3.8, 4) is 0 Å². The molecule has 2 nitrogen and oxygen atoms in total. The van der Waals surface area contributed by atoms with E-state index in [-0.39, 0.29) is 11.8 Å². The van der Waals surface area contributed by atoms with Crippen molar-refractivity contribution < 1.29 is 9.14 Å². The molecule has 190 valence electrons. The fraction of sp³-hybridized carbons (Fsp3) is 0.179. The van der Waals surface area contributed by atoms with E-state index >= 15 is 0 Å². The van der Waals surface area contributed by atoms with Crippen LogP contribution < -0.4 is 4.57 Å². The van der Waals surface area contributed by atoms with Crippen LogP contribution >= 0.6 is 0 Å². The summed E-state index contributed by atoms with van der Waals surface area (Å²) in [7, 11) is 0. The fourth-order valence-electron chi connectivity index (χ4n) is 10.4. The van der Waals surface area contributed by atoms with Gasteiger partial charge in [0.15, 0.2) is 0 Å². The Morgan fingerprint density at radius 1 is 0.610 bits per heavy atom. The highest BCUT2D eigenvalue weighted by atomic mass is 15.4. The molecule has 0 saturated heterocycles. The van der Waals surface area contributed by atoms with E-state index in [2.05, 4.69) is 94.2 Å². The van der Waals surface area contributed by atoms with Crippen LogP contribution in [0.15, 0.2) is 85.4 Å². The van der Waals surface area contributed by atoms with Gasteiger partial charge in [0.1, 0.15) is 16.8 Å². The Bertz CT molecular complexity index is 2230. The summed E-state index contributed by atoms with van der Waals surface area (Å²) in [6, 6.07) is 30.9. The van der Waals surface area contributed by atoms with E-state index in [1.54, 1.807) is 16.7 Å². The van der Waals surface area contributed by atoms with Crippen LogP contribution in [0.25, 0.3) is 5.70 Å². The van der Waals surface area contributed by atoms with E-state index in [0.29, 0.717) is 0 Å². The molecule has 4 aromatic carbocycles. The molecule has 0 amide bonds. The molecule has 0 fully saturated rings. The Balaban J connectivity index is 1.36. The van der Waals surface area contributed by atoms with Gasteiger partial charge in [-0.15, -0.1) is 11.1 Å². The number of rotatable bonds is 0. The van der Waals surface area contributed by atoms with Crippen molar-refractivity contribution in [2.75, 3.05) is 0 Å². The first-order valence-corrected chi connectivity index (χ1v) is 15.1. The molecule has 7 aliphatic rings. The van der Waals surface area contributed by atoms with Crippen LogP contribution in [0.3, 0.4) is 0 Å². The lowest BCUT2D eigenvalue weighted by molar-refractivity contribution is -0.866. The number of benzene rings is 4. The molecule has 4 heterocycles. The highest BCUT2D eigenvalue weighted by molar-refractivity contribution is 5.78. The minimum absolute atomic E-state index is 0.263. The summed E-state index contributed by atoms with van der Waals surface area (Å²) in [5.41, 5.74) is 24.5. The van der Waals surface area contributed by atoms with Crippen LogP contribution in [0.2, 0.25) is 0 Å². The normalized spacial score (nSPS) is 24.5. The van der Waals surface area contributed by atoms with Crippen molar-refractivity contribution in [2.45, 2.75) is 43.2 Å². The first kappa shape index (κ1) is 20.3. The Morgan fingerprint density at radius 3 is 2.20 bits per heavy atom. The third-order valence-corrected chi connectivity index (χ3v) is 11.6. The maximum atomic E-state index is 4.77. The highest BCUT2D eigenvalue weighted by Crippen LogP contribution is 2.63. The van der Waals surface area contributed by atoms with Gasteiger partial charge in [0.2, 0.25) is 11.4 Å². The van der Waals surface area contributed by atoms with E-state index in [0.717, 1.165) is 31.4 Å². The smallest absolute Gasteiger partial charge is 0.288 e. The van der Waals surface area contributed by atoms with Crippen molar-refractivity contribution in [3.63, 3.8) is 0 Å². The molecule has 41 heavy (non-hydrogen) atoms. The lowest BCUT2D eigenvalue weighted by atomic mass is 9.57. The van der Waals surface area contributed by atoms with Gasteiger partial charge in [-0.25, -0.2) is 0 Å². The average molecular weight is 522 g/mol. The zero-order chi connectivity index (χ0) is 26.4. The molecule has 3 atom stereocenters. The van der Waals surface area contributed by atoms with E-state index in [4.69, 9.17) is 6.58 Å². The molecule has 3 aliphatic heterocycles. The Morgan fingerprint density at radius 2 is 1.29 bits per heavy atom.